The average Bonchev–Trinajstić information content (AvgIpc) is 3.13. The summed E-state index contributed by atoms with van der Waals surface area (Å²) in [5.74, 6) is 1.70. The highest BCUT2D eigenvalue weighted by Crippen LogP contribution is 2.33. The third-order valence-electron chi connectivity index (χ3n) is 3.47. The summed E-state index contributed by atoms with van der Waals surface area (Å²) in [5, 5.41) is 8.03. The highest BCUT2D eigenvalue weighted by molar-refractivity contribution is 5.94. The van der Waals surface area contributed by atoms with E-state index in [1.165, 1.54) is 0 Å². The lowest BCUT2D eigenvalue weighted by atomic mass is 10.0. The van der Waals surface area contributed by atoms with Gasteiger partial charge in [0.2, 0.25) is 11.8 Å². The maximum absolute atomic E-state index is 5.39. The van der Waals surface area contributed by atoms with Crippen LogP contribution in [0.15, 0.2) is 20.2 Å². The number of rotatable bonds is 4. The second-order valence-corrected chi connectivity index (χ2v) is 5.50. The van der Waals surface area contributed by atoms with Gasteiger partial charge in [0, 0.05) is 0 Å². The fraction of sp³-hybridized carbons (Fsp3) is 0.846. The van der Waals surface area contributed by atoms with Crippen molar-refractivity contribution in [3.05, 3.63) is 0 Å². The second-order valence-electron chi connectivity index (χ2n) is 5.50. The summed E-state index contributed by atoms with van der Waals surface area (Å²) in [7, 11) is 3.29. The largest absolute Gasteiger partial charge is 0.483 e. The van der Waals surface area contributed by atoms with Crippen LogP contribution in [0.4, 0.5) is 0 Å². The molecule has 0 fully saturated rings. The lowest BCUT2D eigenvalue weighted by Gasteiger charge is -2.27. The summed E-state index contributed by atoms with van der Waals surface area (Å²) in [6, 6.07) is -0.139. The first-order chi connectivity index (χ1) is 8.99. The van der Waals surface area contributed by atoms with Gasteiger partial charge in [-0.25, -0.2) is 9.98 Å². The van der Waals surface area contributed by atoms with E-state index in [1.807, 2.05) is 6.92 Å². The number of aliphatic imine (C=N–C) groups is 2. The first-order valence-corrected chi connectivity index (χ1v) is 6.66. The highest BCUT2D eigenvalue weighted by atomic mass is 16.5. The van der Waals surface area contributed by atoms with Crippen molar-refractivity contribution in [2.45, 2.75) is 51.4 Å². The molecule has 0 aromatic heterocycles. The van der Waals surface area contributed by atoms with Gasteiger partial charge in [0.25, 0.3) is 0 Å². The molecule has 0 saturated carbocycles. The maximum Gasteiger partial charge on any atom is 0.209 e. The summed E-state index contributed by atoms with van der Waals surface area (Å²) in [6.07, 6.45) is 1.67. The minimum atomic E-state index is -0.212. The van der Waals surface area contributed by atoms with Crippen LogP contribution < -0.4 is 0 Å². The predicted octanol–water partition coefficient (Wildman–Crippen LogP) is 2.45. The molecule has 0 spiro atoms. The number of hydrogen-bond donors (Lipinski definition) is 0. The van der Waals surface area contributed by atoms with Crippen LogP contribution in [0.3, 0.4) is 0 Å². The molecule has 2 rings (SSSR count). The number of ether oxygens (including phenoxy) is 2. The van der Waals surface area contributed by atoms with Gasteiger partial charge in [-0.15, -0.1) is 0 Å². The fourth-order valence-electron chi connectivity index (χ4n) is 2.14. The van der Waals surface area contributed by atoms with Crippen molar-refractivity contribution in [1.82, 2.24) is 0 Å². The van der Waals surface area contributed by atoms with Crippen molar-refractivity contribution in [2.75, 3.05) is 14.2 Å². The van der Waals surface area contributed by atoms with Gasteiger partial charge < -0.3 is 9.47 Å². The molecule has 2 atom stereocenters. The summed E-state index contributed by atoms with van der Waals surface area (Å²) >= 11 is 0. The normalized spacial score (nSPS) is 27.9. The van der Waals surface area contributed by atoms with E-state index in [0.29, 0.717) is 17.7 Å². The molecule has 0 radical (unpaired) electrons. The third-order valence-corrected chi connectivity index (χ3v) is 3.47. The molecule has 0 bridgehead atoms. The zero-order valence-electron chi connectivity index (χ0n) is 12.3. The molecule has 2 aliphatic rings. The van der Waals surface area contributed by atoms with Gasteiger partial charge in [-0.3, -0.25) is 0 Å². The first kappa shape index (κ1) is 14.0. The van der Waals surface area contributed by atoms with Gasteiger partial charge >= 0.3 is 0 Å². The zero-order valence-corrected chi connectivity index (χ0v) is 12.3. The molecule has 19 heavy (non-hydrogen) atoms. The van der Waals surface area contributed by atoms with Crippen molar-refractivity contribution in [3.8, 4) is 0 Å². The Hall–Kier alpha value is -1.46. The van der Waals surface area contributed by atoms with E-state index in [4.69, 9.17) is 9.47 Å². The van der Waals surface area contributed by atoms with Crippen molar-refractivity contribution in [2.24, 2.45) is 26.1 Å². The van der Waals surface area contributed by atoms with Crippen LogP contribution in [-0.4, -0.2) is 43.8 Å². The van der Waals surface area contributed by atoms with Gasteiger partial charge in [0.1, 0.15) is 12.1 Å². The molecule has 0 aromatic rings. The Kier molecular flexibility index (Phi) is 3.87. The van der Waals surface area contributed by atoms with Gasteiger partial charge in [-0.2, -0.15) is 10.2 Å². The van der Waals surface area contributed by atoms with Crippen LogP contribution in [0.1, 0.15) is 33.6 Å². The van der Waals surface area contributed by atoms with Crippen LogP contribution in [0, 0.1) is 5.92 Å². The average molecular weight is 266 g/mol. The third kappa shape index (κ3) is 3.11. The van der Waals surface area contributed by atoms with E-state index >= 15 is 0 Å². The van der Waals surface area contributed by atoms with E-state index < -0.39 is 0 Å². The highest BCUT2D eigenvalue weighted by Gasteiger charge is 2.37. The monoisotopic (exact) mass is 266 g/mol. The SMILES string of the molecule is COC1=N[C@H](C(C)C)C(OC)=N[C@H]1CCC1(C)N=N1. The Morgan fingerprint density at radius 1 is 1.11 bits per heavy atom. The summed E-state index contributed by atoms with van der Waals surface area (Å²) in [5.41, 5.74) is -0.212. The second kappa shape index (κ2) is 5.27. The van der Waals surface area contributed by atoms with Gasteiger partial charge in [0.15, 0.2) is 5.66 Å². The van der Waals surface area contributed by atoms with Gasteiger partial charge in [-0.1, -0.05) is 13.8 Å². The predicted molar refractivity (Wildman–Crippen MR) is 73.8 cm³/mol. The van der Waals surface area contributed by atoms with E-state index in [0.717, 1.165) is 12.8 Å². The molecule has 6 nitrogen and oxygen atoms in total. The minimum Gasteiger partial charge on any atom is -0.483 e. The van der Waals surface area contributed by atoms with Crippen molar-refractivity contribution in [1.29, 1.82) is 0 Å². The number of hydrogen-bond acceptors (Lipinski definition) is 6. The van der Waals surface area contributed by atoms with Gasteiger partial charge in [0.05, 0.1) is 14.2 Å². The number of methoxy groups -OCH3 is 2. The van der Waals surface area contributed by atoms with E-state index in [9.17, 15) is 0 Å². The smallest absolute Gasteiger partial charge is 0.209 e. The van der Waals surface area contributed by atoms with Gasteiger partial charge in [-0.05, 0) is 25.7 Å². The standard InChI is InChI=1S/C13H22N4O2/c1-8(2)10-12(19-5)14-9(11(15-10)18-4)6-7-13(3)16-17-13/h8-10H,6-7H2,1-5H3/t9-,10+/m0/s1. The lowest BCUT2D eigenvalue weighted by molar-refractivity contribution is 0.328. The van der Waals surface area contributed by atoms with Crippen molar-refractivity contribution < 1.29 is 9.47 Å². The molecule has 0 N–H and O–H groups in total. The fourth-order valence-corrected chi connectivity index (χ4v) is 2.14. The molecule has 0 saturated heterocycles. The summed E-state index contributed by atoms with van der Waals surface area (Å²) < 4.78 is 10.8. The Morgan fingerprint density at radius 2 is 1.74 bits per heavy atom. The van der Waals surface area contributed by atoms with E-state index in [2.05, 4.69) is 34.1 Å². The molecule has 106 valence electrons. The van der Waals surface area contributed by atoms with Crippen LogP contribution in [-0.2, 0) is 9.47 Å². The quantitative estimate of drug-likeness (QED) is 0.784. The van der Waals surface area contributed by atoms with E-state index in [-0.39, 0.29) is 17.7 Å². The molecule has 0 aromatic carbocycles. The van der Waals surface area contributed by atoms with Crippen LogP contribution in [0.25, 0.3) is 0 Å². The minimum absolute atomic E-state index is 0.0536. The molecule has 2 aliphatic heterocycles. The molecular weight excluding hydrogens is 244 g/mol. The summed E-state index contributed by atoms with van der Waals surface area (Å²) in [6.45, 7) is 6.20. The molecular formula is C13H22N4O2. The van der Waals surface area contributed by atoms with Crippen LogP contribution in [0.2, 0.25) is 0 Å². The summed E-state index contributed by atoms with van der Waals surface area (Å²) in [4.78, 5) is 9.27. The Bertz CT molecular complexity index is 422. The molecule has 0 unspecified atom stereocenters. The van der Waals surface area contributed by atoms with Crippen molar-refractivity contribution >= 4 is 11.8 Å². The Balaban J connectivity index is 2.08. The number of nitrogens with zero attached hydrogens (tertiary/aromatic N) is 4. The molecule has 0 aliphatic carbocycles. The molecule has 6 heteroatoms. The topological polar surface area (TPSA) is 67.9 Å². The van der Waals surface area contributed by atoms with Crippen molar-refractivity contribution in [3.63, 3.8) is 0 Å². The molecule has 0 amide bonds. The van der Waals surface area contributed by atoms with Crippen LogP contribution >= 0.6 is 0 Å². The Labute approximate surface area is 114 Å². The zero-order chi connectivity index (χ0) is 14.0. The molecule has 2 heterocycles. The van der Waals surface area contributed by atoms with E-state index in [1.54, 1.807) is 14.2 Å². The Morgan fingerprint density at radius 3 is 2.21 bits per heavy atom. The lowest BCUT2D eigenvalue weighted by Crippen LogP contribution is -2.37. The van der Waals surface area contributed by atoms with Crippen LogP contribution in [0.5, 0.6) is 0 Å². The maximum atomic E-state index is 5.39. The first-order valence-electron chi connectivity index (χ1n) is 6.66.